The maximum absolute atomic E-state index is 12.4. The van der Waals surface area contributed by atoms with Gasteiger partial charge in [-0.1, -0.05) is 34.1 Å². The molecule has 0 N–H and O–H groups in total. The Kier molecular flexibility index (Phi) is 12.4. The molecule has 0 radical (unpaired) electrons. The van der Waals surface area contributed by atoms with Gasteiger partial charge in [-0.25, -0.2) is 9.59 Å². The molecule has 0 aromatic rings. The van der Waals surface area contributed by atoms with Crippen LogP contribution in [0, 0.1) is 0 Å². The molecule has 0 amide bonds. The van der Waals surface area contributed by atoms with E-state index >= 15 is 0 Å². The van der Waals surface area contributed by atoms with Gasteiger partial charge < -0.3 is 37.9 Å². The quantitative estimate of drug-likeness (QED) is 0.287. The summed E-state index contributed by atoms with van der Waals surface area (Å²) in [6.07, 6.45) is 5.20. The van der Waals surface area contributed by atoms with Crippen molar-refractivity contribution in [1.29, 1.82) is 0 Å². The van der Waals surface area contributed by atoms with Crippen molar-refractivity contribution in [1.82, 2.24) is 0 Å². The number of rotatable bonds is 8. The Morgan fingerprint density at radius 2 is 1.23 bits per heavy atom. The van der Waals surface area contributed by atoms with Gasteiger partial charge in [0.2, 0.25) is 0 Å². The highest BCUT2D eigenvalue weighted by atomic mass is 16.7. The molecule has 4 aliphatic heterocycles. The number of esters is 2. The summed E-state index contributed by atoms with van der Waals surface area (Å²) in [6, 6.07) is 0. The molecule has 10 nitrogen and oxygen atoms in total. The summed E-state index contributed by atoms with van der Waals surface area (Å²) in [5.74, 6) is -2.01. The number of unbranched alkanes of at least 4 members (excludes halogenated alkanes) is 2. The van der Waals surface area contributed by atoms with E-state index in [0.29, 0.717) is 65.3 Å². The van der Waals surface area contributed by atoms with Gasteiger partial charge in [-0.3, -0.25) is 0 Å². The second-order valence-electron chi connectivity index (χ2n) is 12.4. The minimum absolute atomic E-state index is 0. The molecule has 2 atom stereocenters. The predicted octanol–water partition coefficient (Wildman–Crippen LogP) is 5.09. The molecule has 4 rings (SSSR count). The zero-order chi connectivity index (χ0) is 28.8. The third-order valence-electron chi connectivity index (χ3n) is 7.25. The number of hydrogen-bond acceptors (Lipinski definition) is 10. The topological polar surface area (TPSA) is 108 Å². The Bertz CT molecular complexity index is 813. The fraction of sp³-hybridized carbons (Fsp3) is 0.933. The van der Waals surface area contributed by atoms with Crippen LogP contribution in [-0.2, 0) is 47.5 Å². The van der Waals surface area contributed by atoms with Gasteiger partial charge in [0.1, 0.15) is 0 Å². The second-order valence-corrected chi connectivity index (χ2v) is 12.4. The van der Waals surface area contributed by atoms with E-state index < -0.39 is 34.5 Å². The third-order valence-corrected chi connectivity index (χ3v) is 7.25. The lowest BCUT2D eigenvalue weighted by atomic mass is 9.83. The Hall–Kier alpha value is -1.30. The van der Waals surface area contributed by atoms with E-state index in [1.807, 2.05) is 27.7 Å². The largest absolute Gasteiger partial charge is 0.464 e. The monoisotopic (exact) mass is 574 g/mol. The summed E-state index contributed by atoms with van der Waals surface area (Å²) < 4.78 is 45.4. The first-order valence-electron chi connectivity index (χ1n) is 14.5. The maximum atomic E-state index is 12.4. The first-order valence-corrected chi connectivity index (χ1v) is 14.5. The van der Waals surface area contributed by atoms with E-state index in [0.717, 1.165) is 25.7 Å². The average Bonchev–Trinajstić information content (AvgIpc) is 3.46. The van der Waals surface area contributed by atoms with E-state index in [2.05, 4.69) is 13.8 Å². The van der Waals surface area contributed by atoms with E-state index in [1.165, 1.54) is 0 Å². The van der Waals surface area contributed by atoms with Crippen molar-refractivity contribution >= 4 is 11.9 Å². The molecule has 4 fully saturated rings. The van der Waals surface area contributed by atoms with Crippen molar-refractivity contribution < 1.29 is 47.5 Å². The smallest absolute Gasteiger partial charge is 0.338 e. The predicted molar refractivity (Wildman–Crippen MR) is 149 cm³/mol. The van der Waals surface area contributed by atoms with Crippen molar-refractivity contribution in [2.24, 2.45) is 0 Å². The molecule has 10 heteroatoms. The summed E-state index contributed by atoms with van der Waals surface area (Å²) in [7, 11) is 0. The lowest BCUT2D eigenvalue weighted by Gasteiger charge is -2.48. The SMILES string of the molecule is C.CCCCOC(=O)C1(C)CC2(CC(C)(C)O1)OCCO2.CCCCOC(=O)C1CC2(CC(C)(C)O1)OCCO2. The van der Waals surface area contributed by atoms with Crippen LogP contribution in [0.2, 0.25) is 0 Å². The minimum Gasteiger partial charge on any atom is -0.464 e. The van der Waals surface area contributed by atoms with E-state index in [-0.39, 0.29) is 19.4 Å². The molecule has 4 heterocycles. The normalized spacial score (nSPS) is 29.2. The van der Waals surface area contributed by atoms with Crippen LogP contribution in [-0.4, -0.2) is 86.1 Å². The molecule has 2 unspecified atom stereocenters. The molecular weight excluding hydrogens is 520 g/mol. The Morgan fingerprint density at radius 1 is 0.725 bits per heavy atom. The Balaban J connectivity index is 0.000000274. The van der Waals surface area contributed by atoms with Crippen molar-refractivity contribution in [3.8, 4) is 0 Å². The van der Waals surface area contributed by atoms with Gasteiger partial charge >= 0.3 is 11.9 Å². The molecule has 0 aromatic carbocycles. The van der Waals surface area contributed by atoms with Crippen molar-refractivity contribution in [3.05, 3.63) is 0 Å². The molecule has 0 aromatic heterocycles. The van der Waals surface area contributed by atoms with E-state index in [1.54, 1.807) is 6.92 Å². The maximum Gasteiger partial charge on any atom is 0.338 e. The van der Waals surface area contributed by atoms with Crippen molar-refractivity contribution in [2.75, 3.05) is 39.6 Å². The number of carbonyl (C=O) groups is 2. The zero-order valence-electron chi connectivity index (χ0n) is 25.1. The molecule has 4 aliphatic rings. The lowest BCUT2D eigenvalue weighted by Crippen LogP contribution is -2.59. The van der Waals surface area contributed by atoms with Gasteiger partial charge in [-0.2, -0.15) is 0 Å². The molecule has 4 saturated heterocycles. The molecule has 40 heavy (non-hydrogen) atoms. The summed E-state index contributed by atoms with van der Waals surface area (Å²) in [4.78, 5) is 24.4. The molecule has 0 saturated carbocycles. The highest BCUT2D eigenvalue weighted by molar-refractivity contribution is 5.79. The molecule has 0 bridgehead atoms. The van der Waals surface area contributed by atoms with Gasteiger partial charge in [0.05, 0.1) is 50.8 Å². The highest BCUT2D eigenvalue weighted by Crippen LogP contribution is 2.46. The number of ether oxygens (including phenoxy) is 8. The first kappa shape index (κ1) is 34.9. The third kappa shape index (κ3) is 9.36. The lowest BCUT2D eigenvalue weighted by molar-refractivity contribution is -0.290. The summed E-state index contributed by atoms with van der Waals surface area (Å²) in [5.41, 5.74) is -1.95. The van der Waals surface area contributed by atoms with Crippen LogP contribution in [0.1, 0.15) is 107 Å². The minimum atomic E-state index is -1.01. The summed E-state index contributed by atoms with van der Waals surface area (Å²) in [5, 5.41) is 0. The molecule has 234 valence electrons. The number of carbonyl (C=O) groups excluding carboxylic acids is 2. The summed E-state index contributed by atoms with van der Waals surface area (Å²) >= 11 is 0. The van der Waals surface area contributed by atoms with Crippen LogP contribution >= 0.6 is 0 Å². The van der Waals surface area contributed by atoms with Crippen LogP contribution in [0.15, 0.2) is 0 Å². The first-order chi connectivity index (χ1) is 18.3. The van der Waals surface area contributed by atoms with Gasteiger partial charge in [0.25, 0.3) is 0 Å². The van der Waals surface area contributed by atoms with Gasteiger partial charge in [-0.05, 0) is 47.5 Å². The van der Waals surface area contributed by atoms with Crippen LogP contribution in [0.25, 0.3) is 0 Å². The average molecular weight is 575 g/mol. The Labute approximate surface area is 241 Å². The van der Waals surface area contributed by atoms with E-state index in [9.17, 15) is 9.59 Å². The van der Waals surface area contributed by atoms with Crippen molar-refractivity contribution in [2.45, 2.75) is 142 Å². The van der Waals surface area contributed by atoms with Gasteiger partial charge in [0.15, 0.2) is 23.3 Å². The molecule has 2 spiro atoms. The highest BCUT2D eigenvalue weighted by Gasteiger charge is 2.57. The number of hydrogen-bond donors (Lipinski definition) is 0. The van der Waals surface area contributed by atoms with E-state index in [4.69, 9.17) is 37.9 Å². The van der Waals surface area contributed by atoms with Crippen molar-refractivity contribution in [3.63, 3.8) is 0 Å². The zero-order valence-corrected chi connectivity index (χ0v) is 25.1. The second kappa shape index (κ2) is 14.2. The molecular formula is C30H54O10. The fourth-order valence-corrected chi connectivity index (χ4v) is 5.91. The standard InChI is InChI=1S/C15H26O5.C14H24O5.CH4/c1-5-6-7-17-12(16)14(4)11-15(18-8-9-19-15)10-13(2,3)20-14;1-4-5-6-16-12(15)11-9-14(17-7-8-18-14)10-13(2,3)19-11;/h5-11H2,1-4H3;11H,4-10H2,1-3H3;1H4. The Morgan fingerprint density at radius 3 is 1.77 bits per heavy atom. The van der Waals surface area contributed by atoms with Crippen LogP contribution in [0.5, 0.6) is 0 Å². The van der Waals surface area contributed by atoms with Crippen LogP contribution in [0.4, 0.5) is 0 Å². The fourth-order valence-electron chi connectivity index (χ4n) is 5.91. The van der Waals surface area contributed by atoms with Gasteiger partial charge in [0, 0.05) is 25.7 Å². The van der Waals surface area contributed by atoms with Gasteiger partial charge in [-0.15, -0.1) is 0 Å². The summed E-state index contributed by atoms with van der Waals surface area (Å²) in [6.45, 7) is 16.9. The van der Waals surface area contributed by atoms with Crippen LogP contribution in [0.3, 0.4) is 0 Å². The van der Waals surface area contributed by atoms with Crippen LogP contribution < -0.4 is 0 Å². The molecule has 0 aliphatic carbocycles.